The van der Waals surface area contributed by atoms with Crippen LogP contribution in [-0.2, 0) is 0 Å². The number of benzene rings is 1. The van der Waals surface area contributed by atoms with Crippen LogP contribution in [0.15, 0.2) is 24.3 Å². The van der Waals surface area contributed by atoms with Gasteiger partial charge in [0.1, 0.15) is 5.75 Å². The van der Waals surface area contributed by atoms with Gasteiger partial charge in [-0.05, 0) is 37.0 Å². The maximum Gasteiger partial charge on any atom is 0.120 e. The molecule has 16 heavy (non-hydrogen) atoms. The van der Waals surface area contributed by atoms with E-state index in [0.29, 0.717) is 6.10 Å². The molecule has 0 amide bonds. The van der Waals surface area contributed by atoms with Crippen molar-refractivity contribution < 1.29 is 4.74 Å². The van der Waals surface area contributed by atoms with Gasteiger partial charge in [0, 0.05) is 6.04 Å². The Morgan fingerprint density at radius 1 is 1.44 bits per heavy atom. The molecule has 0 aliphatic heterocycles. The molecule has 88 valence electrons. The number of nitrogens with two attached hydrogens (primary N) is 1. The topological polar surface area (TPSA) is 35.2 Å². The van der Waals surface area contributed by atoms with Crippen molar-refractivity contribution in [3.05, 3.63) is 29.8 Å². The van der Waals surface area contributed by atoms with Crippen molar-refractivity contribution >= 4 is 0 Å². The summed E-state index contributed by atoms with van der Waals surface area (Å²) in [7, 11) is 0. The highest BCUT2D eigenvalue weighted by molar-refractivity contribution is 5.30. The molecule has 0 bridgehead atoms. The maximum atomic E-state index is 6.14. The average Bonchev–Trinajstić information content (AvgIpc) is 3.10. The molecule has 1 aliphatic rings. The lowest BCUT2D eigenvalue weighted by atomic mass is 10.0. The first kappa shape index (κ1) is 11.5. The zero-order valence-corrected chi connectivity index (χ0v) is 9.99. The van der Waals surface area contributed by atoms with Crippen LogP contribution in [0.4, 0.5) is 0 Å². The number of ether oxygens (including phenoxy) is 1. The van der Waals surface area contributed by atoms with Gasteiger partial charge in [0.15, 0.2) is 0 Å². The van der Waals surface area contributed by atoms with Gasteiger partial charge in [0.25, 0.3) is 0 Å². The molecule has 1 aromatic rings. The van der Waals surface area contributed by atoms with E-state index in [1.54, 1.807) is 0 Å². The van der Waals surface area contributed by atoms with Gasteiger partial charge in [-0.1, -0.05) is 31.9 Å². The predicted molar refractivity (Wildman–Crippen MR) is 66.5 cm³/mol. The molecular weight excluding hydrogens is 198 g/mol. The standard InChI is InChI=1S/C14H21NO/c1-2-3-7-14(15)11-5-4-6-13(10-11)16-12-8-9-12/h4-6,10,12,14H,2-3,7-9,15H2,1H3. The molecule has 1 atom stereocenters. The van der Waals surface area contributed by atoms with Gasteiger partial charge in [-0.2, -0.15) is 0 Å². The Morgan fingerprint density at radius 2 is 2.25 bits per heavy atom. The molecule has 0 heterocycles. The van der Waals surface area contributed by atoms with E-state index in [-0.39, 0.29) is 6.04 Å². The fraction of sp³-hybridized carbons (Fsp3) is 0.571. The highest BCUT2D eigenvalue weighted by Gasteiger charge is 2.23. The van der Waals surface area contributed by atoms with E-state index in [4.69, 9.17) is 10.5 Å². The largest absolute Gasteiger partial charge is 0.490 e. The Labute approximate surface area is 97.8 Å². The lowest BCUT2D eigenvalue weighted by Crippen LogP contribution is -2.10. The first-order chi connectivity index (χ1) is 7.79. The van der Waals surface area contributed by atoms with E-state index < -0.39 is 0 Å². The summed E-state index contributed by atoms with van der Waals surface area (Å²) in [6.45, 7) is 2.19. The minimum atomic E-state index is 0.155. The summed E-state index contributed by atoms with van der Waals surface area (Å²) in [4.78, 5) is 0. The van der Waals surface area contributed by atoms with Gasteiger partial charge in [0.2, 0.25) is 0 Å². The molecule has 0 radical (unpaired) electrons. The molecule has 1 aromatic carbocycles. The number of hydrogen-bond donors (Lipinski definition) is 1. The smallest absolute Gasteiger partial charge is 0.120 e. The molecular formula is C14H21NO. The fourth-order valence-electron chi connectivity index (χ4n) is 1.79. The Kier molecular flexibility index (Phi) is 3.83. The van der Waals surface area contributed by atoms with Crippen molar-refractivity contribution in [1.29, 1.82) is 0 Å². The summed E-state index contributed by atoms with van der Waals surface area (Å²) in [5.41, 5.74) is 7.34. The Bertz CT molecular complexity index is 333. The summed E-state index contributed by atoms with van der Waals surface area (Å²) in [6, 6.07) is 8.41. The van der Waals surface area contributed by atoms with Gasteiger partial charge in [0.05, 0.1) is 6.10 Å². The second-order valence-corrected chi connectivity index (χ2v) is 4.64. The monoisotopic (exact) mass is 219 g/mol. The van der Waals surface area contributed by atoms with Crippen molar-refractivity contribution in [3.63, 3.8) is 0 Å². The number of unbranched alkanes of at least 4 members (excludes halogenated alkanes) is 1. The third-order valence-electron chi connectivity index (χ3n) is 2.98. The number of rotatable bonds is 6. The predicted octanol–water partition coefficient (Wildman–Crippen LogP) is 3.42. The van der Waals surface area contributed by atoms with Crippen LogP contribution in [-0.4, -0.2) is 6.10 Å². The average molecular weight is 219 g/mol. The van der Waals surface area contributed by atoms with Crippen molar-refractivity contribution in [2.24, 2.45) is 5.73 Å². The molecule has 0 aromatic heterocycles. The van der Waals surface area contributed by atoms with Crippen LogP contribution >= 0.6 is 0 Å². The van der Waals surface area contributed by atoms with Crippen LogP contribution in [0.5, 0.6) is 5.75 Å². The molecule has 1 unspecified atom stereocenters. The van der Waals surface area contributed by atoms with Gasteiger partial charge in [-0.15, -0.1) is 0 Å². The third kappa shape index (κ3) is 3.24. The summed E-state index contributed by atoms with van der Waals surface area (Å²) in [6.07, 6.45) is 6.31. The second kappa shape index (κ2) is 5.35. The molecule has 1 fully saturated rings. The Morgan fingerprint density at radius 3 is 2.94 bits per heavy atom. The summed E-state index contributed by atoms with van der Waals surface area (Å²) >= 11 is 0. The quantitative estimate of drug-likeness (QED) is 0.795. The van der Waals surface area contributed by atoms with E-state index in [1.165, 1.54) is 31.2 Å². The van der Waals surface area contributed by atoms with E-state index in [2.05, 4.69) is 19.1 Å². The summed E-state index contributed by atoms with van der Waals surface area (Å²) in [5, 5.41) is 0. The molecule has 1 saturated carbocycles. The van der Waals surface area contributed by atoms with E-state index in [0.717, 1.165) is 12.2 Å². The molecule has 2 nitrogen and oxygen atoms in total. The zero-order chi connectivity index (χ0) is 11.4. The molecule has 0 spiro atoms. The molecule has 0 saturated heterocycles. The molecule has 2 rings (SSSR count). The second-order valence-electron chi connectivity index (χ2n) is 4.64. The van der Waals surface area contributed by atoms with Gasteiger partial charge >= 0.3 is 0 Å². The minimum absolute atomic E-state index is 0.155. The lowest BCUT2D eigenvalue weighted by Gasteiger charge is -2.13. The normalized spacial score (nSPS) is 17.1. The highest BCUT2D eigenvalue weighted by Crippen LogP contribution is 2.28. The van der Waals surface area contributed by atoms with Crippen LogP contribution < -0.4 is 10.5 Å². The zero-order valence-electron chi connectivity index (χ0n) is 9.99. The van der Waals surface area contributed by atoms with Gasteiger partial charge in [-0.3, -0.25) is 0 Å². The van der Waals surface area contributed by atoms with Crippen molar-refractivity contribution in [2.75, 3.05) is 0 Å². The maximum absolute atomic E-state index is 6.14. The first-order valence-electron chi connectivity index (χ1n) is 6.32. The van der Waals surface area contributed by atoms with E-state index in [1.807, 2.05) is 12.1 Å². The van der Waals surface area contributed by atoms with Crippen LogP contribution in [0.3, 0.4) is 0 Å². The fourth-order valence-corrected chi connectivity index (χ4v) is 1.79. The van der Waals surface area contributed by atoms with Gasteiger partial charge in [-0.25, -0.2) is 0 Å². The highest BCUT2D eigenvalue weighted by atomic mass is 16.5. The van der Waals surface area contributed by atoms with E-state index >= 15 is 0 Å². The van der Waals surface area contributed by atoms with Gasteiger partial charge < -0.3 is 10.5 Å². The third-order valence-corrected chi connectivity index (χ3v) is 2.98. The lowest BCUT2D eigenvalue weighted by molar-refractivity contribution is 0.302. The Balaban J connectivity index is 1.96. The van der Waals surface area contributed by atoms with Crippen LogP contribution in [0.25, 0.3) is 0 Å². The number of hydrogen-bond acceptors (Lipinski definition) is 2. The van der Waals surface area contributed by atoms with Crippen molar-refractivity contribution in [2.45, 2.75) is 51.2 Å². The van der Waals surface area contributed by atoms with E-state index in [9.17, 15) is 0 Å². The molecule has 1 aliphatic carbocycles. The first-order valence-corrected chi connectivity index (χ1v) is 6.32. The summed E-state index contributed by atoms with van der Waals surface area (Å²) < 4.78 is 5.77. The molecule has 2 heteroatoms. The minimum Gasteiger partial charge on any atom is -0.490 e. The van der Waals surface area contributed by atoms with Crippen LogP contribution in [0, 0.1) is 0 Å². The van der Waals surface area contributed by atoms with Crippen LogP contribution in [0.2, 0.25) is 0 Å². The SMILES string of the molecule is CCCCC(N)c1cccc(OC2CC2)c1. The van der Waals surface area contributed by atoms with Crippen molar-refractivity contribution in [1.82, 2.24) is 0 Å². The Hall–Kier alpha value is -1.02. The van der Waals surface area contributed by atoms with Crippen LogP contribution in [0.1, 0.15) is 50.6 Å². The summed E-state index contributed by atoms with van der Waals surface area (Å²) in [5.74, 6) is 0.979. The van der Waals surface area contributed by atoms with Crippen molar-refractivity contribution in [3.8, 4) is 5.75 Å². The molecule has 2 N–H and O–H groups in total.